The second-order valence-electron chi connectivity index (χ2n) is 15.1. The number of aliphatic hydroxyl groups excluding tert-OH is 1. The quantitative estimate of drug-likeness (QED) is 0.0948. The largest absolute Gasteiger partial charge is 0.459 e. The van der Waals surface area contributed by atoms with Crippen LogP contribution in [0.4, 0.5) is 0 Å². The van der Waals surface area contributed by atoms with E-state index in [9.17, 15) is 29.1 Å². The molecular weight excluding hydrogens is 813 g/mol. The fourth-order valence-electron chi connectivity index (χ4n) is 7.25. The van der Waals surface area contributed by atoms with Crippen LogP contribution in [0.15, 0.2) is 152 Å². The lowest BCUT2D eigenvalue weighted by Crippen LogP contribution is -2.63. The minimum absolute atomic E-state index is 0.119. The van der Waals surface area contributed by atoms with Crippen LogP contribution in [0, 0.1) is 11.8 Å². The molecule has 2 saturated heterocycles. The van der Waals surface area contributed by atoms with E-state index in [1.807, 2.05) is 13.8 Å². The summed E-state index contributed by atoms with van der Waals surface area (Å²) in [5.41, 5.74) is 0.998. The Morgan fingerprint density at radius 3 is 1.22 bits per heavy atom. The van der Waals surface area contributed by atoms with Gasteiger partial charge in [0.15, 0.2) is 37.0 Å². The molecule has 14 nitrogen and oxygen atoms in total. The molecule has 0 bridgehead atoms. The molecule has 5 aromatic rings. The molecule has 5 aromatic carbocycles. The lowest BCUT2D eigenvalue weighted by molar-refractivity contribution is -0.313. The minimum Gasteiger partial charge on any atom is -0.459 e. The lowest BCUT2D eigenvalue weighted by Gasteiger charge is -2.45. The van der Waals surface area contributed by atoms with Crippen molar-refractivity contribution in [3.8, 4) is 0 Å². The van der Waals surface area contributed by atoms with Crippen LogP contribution in [0.25, 0.3) is 0 Å². The molecule has 0 aromatic heterocycles. The Labute approximate surface area is 363 Å². The highest BCUT2D eigenvalue weighted by atomic mass is 16.7. The summed E-state index contributed by atoms with van der Waals surface area (Å²) in [5.74, 6) is -4.62. The summed E-state index contributed by atoms with van der Waals surface area (Å²) in [6.45, 7) is 3.01. The van der Waals surface area contributed by atoms with E-state index in [1.54, 1.807) is 115 Å². The van der Waals surface area contributed by atoms with Gasteiger partial charge in [-0.1, -0.05) is 105 Å². The molecule has 2 heterocycles. The number of carbonyl (C=O) groups is 5. The molecule has 0 radical (unpaired) electrons. The van der Waals surface area contributed by atoms with Crippen LogP contribution in [0.2, 0.25) is 0 Å². The topological polar surface area (TPSA) is 179 Å². The van der Waals surface area contributed by atoms with Gasteiger partial charge in [0.2, 0.25) is 0 Å². The zero-order valence-corrected chi connectivity index (χ0v) is 34.4. The van der Waals surface area contributed by atoms with E-state index in [0.29, 0.717) is 5.56 Å². The standard InChI is InChI=1S/C49H46O14/c1-30-31(2)39(60-44(51)33-20-10-4-11-21-33)49(59-37(30)28-56-43(50)32-18-8-3-9-19-32)57-29-38-40(61-45(52)34-22-12-5-13-23-34)41(62-46(53)35-24-14-6-15-25-35)42(48(55)58-38)63-47(54)36-26-16-7-17-27-36/h3-27,30-31,37-42,48-49,55H,28-29H2,1-2H3/t30-,31-,37+,38+,39+,40+,41-,42+,48+,49+/m0/s1. The van der Waals surface area contributed by atoms with Crippen molar-refractivity contribution in [3.05, 3.63) is 179 Å². The lowest BCUT2D eigenvalue weighted by atomic mass is 9.83. The van der Waals surface area contributed by atoms with Gasteiger partial charge < -0.3 is 43.0 Å². The molecular formula is C49H46O14. The van der Waals surface area contributed by atoms with Crippen molar-refractivity contribution in [2.24, 2.45) is 11.8 Å². The molecule has 63 heavy (non-hydrogen) atoms. The smallest absolute Gasteiger partial charge is 0.338 e. The van der Waals surface area contributed by atoms with Gasteiger partial charge in [0, 0.05) is 5.92 Å². The molecule has 0 saturated carbocycles. The zero-order valence-electron chi connectivity index (χ0n) is 34.4. The van der Waals surface area contributed by atoms with Crippen molar-refractivity contribution in [2.45, 2.75) is 63.1 Å². The maximum Gasteiger partial charge on any atom is 0.338 e. The summed E-state index contributed by atoms with van der Waals surface area (Å²) in [6.07, 6.45) is -11.5. The Balaban J connectivity index is 1.19. The summed E-state index contributed by atoms with van der Waals surface area (Å²) in [7, 11) is 0. The zero-order chi connectivity index (χ0) is 44.3. The maximum atomic E-state index is 13.8. The van der Waals surface area contributed by atoms with E-state index in [1.165, 1.54) is 36.4 Å². The number of hydrogen-bond acceptors (Lipinski definition) is 14. The highest BCUT2D eigenvalue weighted by Crippen LogP contribution is 2.36. The first-order valence-electron chi connectivity index (χ1n) is 20.4. The first-order valence-corrected chi connectivity index (χ1v) is 20.4. The summed E-state index contributed by atoms with van der Waals surface area (Å²) >= 11 is 0. The van der Waals surface area contributed by atoms with Gasteiger partial charge in [-0.05, 0) is 66.6 Å². The number of carbonyl (C=O) groups excluding carboxylic acids is 5. The average Bonchev–Trinajstić information content (AvgIpc) is 3.33. The molecule has 0 aliphatic carbocycles. The number of hydrogen-bond donors (Lipinski definition) is 1. The number of ether oxygens (including phenoxy) is 8. The third-order valence-corrected chi connectivity index (χ3v) is 10.9. The van der Waals surface area contributed by atoms with Gasteiger partial charge in [-0.3, -0.25) is 0 Å². The van der Waals surface area contributed by atoms with Crippen LogP contribution in [0.5, 0.6) is 0 Å². The molecule has 326 valence electrons. The summed E-state index contributed by atoms with van der Waals surface area (Å²) < 4.78 is 48.4. The van der Waals surface area contributed by atoms with Gasteiger partial charge in [0.1, 0.15) is 12.7 Å². The number of aliphatic hydroxyl groups is 1. The van der Waals surface area contributed by atoms with Crippen molar-refractivity contribution in [1.29, 1.82) is 0 Å². The number of esters is 5. The third kappa shape index (κ3) is 11.0. The normalized spacial score (nSPS) is 25.4. The van der Waals surface area contributed by atoms with E-state index in [-0.39, 0.29) is 34.8 Å². The molecule has 10 atom stereocenters. The molecule has 2 fully saturated rings. The monoisotopic (exact) mass is 858 g/mol. The predicted octanol–water partition coefficient (Wildman–Crippen LogP) is 6.48. The fraction of sp³-hybridized carbons (Fsp3) is 0.286. The fourth-order valence-corrected chi connectivity index (χ4v) is 7.25. The molecule has 0 amide bonds. The SMILES string of the molecule is C[C@H]1[C@H](C)[C@@H](COC(=O)c2ccccc2)O[C@@H](OC[C@H]2O[C@@H](O)[C@H](OC(=O)c3ccccc3)[C@@H](OC(=O)c3ccccc3)[C@@H]2OC(=O)c2ccccc2)[C@@H]1OC(=O)c1ccccc1. The molecule has 0 unspecified atom stereocenters. The van der Waals surface area contributed by atoms with Crippen molar-refractivity contribution < 1.29 is 67.0 Å². The van der Waals surface area contributed by atoms with Crippen LogP contribution in [0.3, 0.4) is 0 Å². The molecule has 0 spiro atoms. The van der Waals surface area contributed by atoms with Crippen molar-refractivity contribution in [2.75, 3.05) is 13.2 Å². The molecule has 7 rings (SSSR count). The van der Waals surface area contributed by atoms with E-state index in [4.69, 9.17) is 37.9 Å². The van der Waals surface area contributed by atoms with Gasteiger partial charge in [0.25, 0.3) is 0 Å². The maximum absolute atomic E-state index is 13.8. The Morgan fingerprint density at radius 1 is 0.429 bits per heavy atom. The van der Waals surface area contributed by atoms with Crippen molar-refractivity contribution in [1.82, 2.24) is 0 Å². The summed E-state index contributed by atoms with van der Waals surface area (Å²) in [6, 6.07) is 40.7. The second kappa shape index (κ2) is 20.9. The van der Waals surface area contributed by atoms with E-state index >= 15 is 0 Å². The van der Waals surface area contributed by atoms with E-state index in [2.05, 4.69) is 0 Å². The summed E-state index contributed by atoms with van der Waals surface area (Å²) in [5, 5.41) is 11.6. The van der Waals surface area contributed by atoms with Crippen LogP contribution in [-0.4, -0.2) is 97.4 Å². The highest BCUT2D eigenvalue weighted by molar-refractivity contribution is 5.92. The Morgan fingerprint density at radius 2 is 0.794 bits per heavy atom. The summed E-state index contributed by atoms with van der Waals surface area (Å²) in [4.78, 5) is 67.5. The minimum atomic E-state index is -1.95. The van der Waals surface area contributed by atoms with Gasteiger partial charge >= 0.3 is 29.8 Å². The van der Waals surface area contributed by atoms with Gasteiger partial charge in [0.05, 0.1) is 40.5 Å². The number of benzene rings is 5. The number of rotatable bonds is 14. The highest BCUT2D eigenvalue weighted by Gasteiger charge is 2.53. The van der Waals surface area contributed by atoms with Crippen LogP contribution < -0.4 is 0 Å². The first kappa shape index (κ1) is 44.3. The molecule has 14 heteroatoms. The second-order valence-corrected chi connectivity index (χ2v) is 15.1. The van der Waals surface area contributed by atoms with Gasteiger partial charge in [-0.15, -0.1) is 0 Å². The van der Waals surface area contributed by atoms with E-state index in [0.717, 1.165) is 0 Å². The van der Waals surface area contributed by atoms with E-state index < -0.39 is 91.6 Å². The Bertz CT molecular complexity index is 2290. The molecule has 2 aliphatic rings. The molecule has 2 aliphatic heterocycles. The van der Waals surface area contributed by atoms with Crippen molar-refractivity contribution in [3.63, 3.8) is 0 Å². The van der Waals surface area contributed by atoms with Crippen LogP contribution >= 0.6 is 0 Å². The average molecular weight is 859 g/mol. The Hall–Kier alpha value is -6.71. The van der Waals surface area contributed by atoms with Gasteiger partial charge in [-0.2, -0.15) is 0 Å². The van der Waals surface area contributed by atoms with Gasteiger partial charge in [-0.25, -0.2) is 24.0 Å². The molecule has 1 N–H and O–H groups in total. The predicted molar refractivity (Wildman–Crippen MR) is 223 cm³/mol. The first-order chi connectivity index (χ1) is 30.6. The van der Waals surface area contributed by atoms with Crippen LogP contribution in [0.1, 0.15) is 65.6 Å². The van der Waals surface area contributed by atoms with Crippen molar-refractivity contribution >= 4 is 29.8 Å². The third-order valence-electron chi connectivity index (χ3n) is 10.9. The van der Waals surface area contributed by atoms with Crippen LogP contribution in [-0.2, 0) is 37.9 Å². The Kier molecular flexibility index (Phi) is 14.7.